The number of carbonyl (C=O) groups is 2. The molecule has 0 bridgehead atoms. The number of benzene rings is 1. The second-order valence-electron chi connectivity index (χ2n) is 5.07. The largest absolute Gasteiger partial charge is 0.356 e. The summed E-state index contributed by atoms with van der Waals surface area (Å²) in [6.45, 7) is 2.11. The molecule has 3 rings (SSSR count). The fraction of sp³-hybridized carbons (Fsp3) is 0.118. The topological polar surface area (TPSA) is 67.2 Å². The average Bonchev–Trinajstić information content (AvgIpc) is 3.18. The van der Waals surface area contributed by atoms with E-state index >= 15 is 0 Å². The molecular weight excluding hydrogens is 310 g/mol. The van der Waals surface area contributed by atoms with E-state index < -0.39 is 0 Å². The molecule has 0 unspecified atom stereocenters. The molecule has 116 valence electrons. The number of Topliss-reactive ketones (excluding diaryl/α,β-unsaturated/α-hetero) is 1. The molecule has 0 spiro atoms. The molecule has 0 fully saturated rings. The Bertz CT molecular complexity index is 903. The lowest BCUT2D eigenvalue weighted by atomic mass is 10.2. The first-order valence-electron chi connectivity index (χ1n) is 7.10. The SMILES string of the molecule is CC(=O)c1c[nH]c(C(=O)N=c2sccn2Cc2ccccc2)c1. The molecule has 2 aromatic heterocycles. The Kier molecular flexibility index (Phi) is 4.34. The summed E-state index contributed by atoms with van der Waals surface area (Å²) in [5.41, 5.74) is 1.93. The molecule has 23 heavy (non-hydrogen) atoms. The number of nitrogens with zero attached hydrogens (tertiary/aromatic N) is 2. The highest BCUT2D eigenvalue weighted by atomic mass is 32.1. The van der Waals surface area contributed by atoms with Gasteiger partial charge in [-0.05, 0) is 18.6 Å². The van der Waals surface area contributed by atoms with Crippen LogP contribution in [0.25, 0.3) is 0 Å². The molecule has 0 aliphatic carbocycles. The van der Waals surface area contributed by atoms with Crippen molar-refractivity contribution in [2.45, 2.75) is 13.5 Å². The van der Waals surface area contributed by atoms with Gasteiger partial charge in [-0.3, -0.25) is 9.59 Å². The van der Waals surface area contributed by atoms with Crippen molar-refractivity contribution in [1.29, 1.82) is 0 Å². The summed E-state index contributed by atoms with van der Waals surface area (Å²) in [5, 5.41) is 1.89. The van der Waals surface area contributed by atoms with Crippen molar-refractivity contribution in [3.63, 3.8) is 0 Å². The van der Waals surface area contributed by atoms with E-state index in [1.807, 2.05) is 46.5 Å². The number of aromatic amines is 1. The van der Waals surface area contributed by atoms with Crippen molar-refractivity contribution >= 4 is 23.0 Å². The van der Waals surface area contributed by atoms with Crippen LogP contribution in [0, 0.1) is 0 Å². The molecule has 0 aliphatic heterocycles. The van der Waals surface area contributed by atoms with Gasteiger partial charge in [0, 0.05) is 29.9 Å². The number of H-pyrrole nitrogens is 1. The van der Waals surface area contributed by atoms with Crippen molar-refractivity contribution in [2.75, 3.05) is 0 Å². The zero-order chi connectivity index (χ0) is 16.2. The Balaban J connectivity index is 1.86. The molecule has 0 aliphatic rings. The normalized spacial score (nSPS) is 11.6. The van der Waals surface area contributed by atoms with E-state index in [4.69, 9.17) is 0 Å². The van der Waals surface area contributed by atoms with E-state index in [0.717, 1.165) is 5.56 Å². The molecule has 1 N–H and O–H groups in total. The van der Waals surface area contributed by atoms with Gasteiger partial charge in [-0.25, -0.2) is 0 Å². The van der Waals surface area contributed by atoms with Crippen LogP contribution in [-0.4, -0.2) is 21.2 Å². The summed E-state index contributed by atoms with van der Waals surface area (Å²) in [5.74, 6) is -0.475. The number of rotatable bonds is 4. The van der Waals surface area contributed by atoms with Crippen LogP contribution in [0.1, 0.15) is 33.3 Å². The highest BCUT2D eigenvalue weighted by Gasteiger charge is 2.10. The van der Waals surface area contributed by atoms with Gasteiger partial charge in [0.2, 0.25) is 0 Å². The van der Waals surface area contributed by atoms with E-state index in [-0.39, 0.29) is 11.7 Å². The number of ketones is 1. The molecule has 1 aromatic carbocycles. The van der Waals surface area contributed by atoms with Gasteiger partial charge in [-0.1, -0.05) is 30.3 Å². The van der Waals surface area contributed by atoms with Crippen LogP contribution in [0.3, 0.4) is 0 Å². The first kappa shape index (κ1) is 15.2. The van der Waals surface area contributed by atoms with Crippen molar-refractivity contribution in [2.24, 2.45) is 4.99 Å². The van der Waals surface area contributed by atoms with Crippen molar-refractivity contribution in [3.8, 4) is 0 Å². The summed E-state index contributed by atoms with van der Waals surface area (Å²) < 4.78 is 1.92. The molecule has 0 radical (unpaired) electrons. The summed E-state index contributed by atoms with van der Waals surface area (Å²) in [4.78, 5) is 31.1. The molecule has 0 atom stereocenters. The third-order valence-corrected chi connectivity index (χ3v) is 4.17. The van der Waals surface area contributed by atoms with Crippen LogP contribution in [0.2, 0.25) is 0 Å². The minimum absolute atomic E-state index is 0.0874. The Hall–Kier alpha value is -2.73. The minimum atomic E-state index is -0.387. The number of carbonyl (C=O) groups excluding carboxylic acids is 2. The molecule has 2 heterocycles. The quantitative estimate of drug-likeness (QED) is 0.750. The molecule has 0 saturated carbocycles. The second kappa shape index (κ2) is 6.58. The van der Waals surface area contributed by atoms with Gasteiger partial charge in [0.05, 0.1) is 0 Å². The van der Waals surface area contributed by atoms with Crippen LogP contribution in [0.4, 0.5) is 0 Å². The Morgan fingerprint density at radius 2 is 2.04 bits per heavy atom. The number of hydrogen-bond acceptors (Lipinski definition) is 3. The summed E-state index contributed by atoms with van der Waals surface area (Å²) in [6, 6.07) is 11.5. The zero-order valence-corrected chi connectivity index (χ0v) is 13.3. The molecule has 1 amide bonds. The van der Waals surface area contributed by atoms with E-state index in [0.29, 0.717) is 22.6 Å². The monoisotopic (exact) mass is 325 g/mol. The number of aromatic nitrogens is 2. The highest BCUT2D eigenvalue weighted by Crippen LogP contribution is 2.06. The number of thiazole rings is 1. The summed E-state index contributed by atoms with van der Waals surface area (Å²) >= 11 is 1.40. The molecular formula is C17H15N3O2S. The van der Waals surface area contributed by atoms with Gasteiger partial charge in [0.15, 0.2) is 10.6 Å². The van der Waals surface area contributed by atoms with Gasteiger partial charge in [0.1, 0.15) is 5.69 Å². The highest BCUT2D eigenvalue weighted by molar-refractivity contribution is 7.07. The van der Waals surface area contributed by atoms with E-state index in [2.05, 4.69) is 9.98 Å². The number of amides is 1. The Labute approximate surface area is 137 Å². The lowest BCUT2D eigenvalue weighted by molar-refractivity contribution is 0.0992. The fourth-order valence-electron chi connectivity index (χ4n) is 2.16. The Morgan fingerprint density at radius 3 is 2.74 bits per heavy atom. The molecule has 3 aromatic rings. The molecule has 6 heteroatoms. The van der Waals surface area contributed by atoms with Crippen LogP contribution in [-0.2, 0) is 6.54 Å². The lowest BCUT2D eigenvalue weighted by Crippen LogP contribution is -2.17. The van der Waals surface area contributed by atoms with Crippen LogP contribution < -0.4 is 4.80 Å². The maximum absolute atomic E-state index is 12.2. The minimum Gasteiger partial charge on any atom is -0.356 e. The van der Waals surface area contributed by atoms with Crippen molar-refractivity contribution < 1.29 is 9.59 Å². The predicted molar refractivity (Wildman–Crippen MR) is 88.5 cm³/mol. The third-order valence-electron chi connectivity index (χ3n) is 3.37. The molecule has 5 nitrogen and oxygen atoms in total. The standard InChI is InChI=1S/C17H15N3O2S/c1-12(21)14-9-15(18-10-14)16(22)19-17-20(7-8-23-17)11-13-5-3-2-4-6-13/h2-10,18H,11H2,1H3. The number of nitrogens with one attached hydrogen (secondary N) is 1. The summed E-state index contributed by atoms with van der Waals surface area (Å²) in [7, 11) is 0. The average molecular weight is 325 g/mol. The Morgan fingerprint density at radius 1 is 1.26 bits per heavy atom. The van der Waals surface area contributed by atoms with Crippen LogP contribution >= 0.6 is 11.3 Å². The smallest absolute Gasteiger partial charge is 0.296 e. The van der Waals surface area contributed by atoms with Crippen molar-refractivity contribution in [1.82, 2.24) is 9.55 Å². The van der Waals surface area contributed by atoms with Crippen LogP contribution in [0.5, 0.6) is 0 Å². The van der Waals surface area contributed by atoms with E-state index in [9.17, 15) is 9.59 Å². The van der Waals surface area contributed by atoms with Crippen molar-refractivity contribution in [3.05, 3.63) is 75.8 Å². The summed E-state index contributed by atoms with van der Waals surface area (Å²) in [6.07, 6.45) is 3.43. The predicted octanol–water partition coefficient (Wildman–Crippen LogP) is 2.87. The van der Waals surface area contributed by atoms with Gasteiger partial charge >= 0.3 is 0 Å². The first-order chi connectivity index (χ1) is 11.1. The van der Waals surface area contributed by atoms with E-state index in [1.165, 1.54) is 30.5 Å². The lowest BCUT2D eigenvalue weighted by Gasteiger charge is -2.02. The van der Waals surface area contributed by atoms with Crippen LogP contribution in [0.15, 0.2) is 59.2 Å². The fourth-order valence-corrected chi connectivity index (χ4v) is 2.88. The van der Waals surface area contributed by atoms with Gasteiger partial charge < -0.3 is 9.55 Å². The van der Waals surface area contributed by atoms with Gasteiger partial charge in [-0.2, -0.15) is 4.99 Å². The maximum atomic E-state index is 12.2. The number of hydrogen-bond donors (Lipinski definition) is 1. The second-order valence-corrected chi connectivity index (χ2v) is 5.95. The third kappa shape index (κ3) is 3.54. The molecule has 0 saturated heterocycles. The van der Waals surface area contributed by atoms with Gasteiger partial charge in [0.25, 0.3) is 5.91 Å². The van der Waals surface area contributed by atoms with Gasteiger partial charge in [-0.15, -0.1) is 11.3 Å². The maximum Gasteiger partial charge on any atom is 0.296 e. The zero-order valence-electron chi connectivity index (χ0n) is 12.5. The van der Waals surface area contributed by atoms with E-state index in [1.54, 1.807) is 0 Å². The first-order valence-corrected chi connectivity index (χ1v) is 7.98.